The molecule has 3 rings (SSSR count). The van der Waals surface area contributed by atoms with Crippen LogP contribution in [0.25, 0.3) is 0 Å². The molecule has 0 unspecified atom stereocenters. The molecular weight excluding hydrogens is 405 g/mol. The van der Waals surface area contributed by atoms with Crippen molar-refractivity contribution >= 4 is 23.2 Å². The number of hydrogen-bond donors (Lipinski definition) is 1. The molecule has 3 aromatic carbocycles. The number of hydrogen-bond acceptors (Lipinski definition) is 3. The lowest BCUT2D eigenvalue weighted by molar-refractivity contribution is 0.284. The quantitative estimate of drug-likeness (QED) is 0.409. The summed E-state index contributed by atoms with van der Waals surface area (Å²) in [5.74, 6) is 1.47. The highest BCUT2D eigenvalue weighted by Gasteiger charge is 2.07. The predicted octanol–water partition coefficient (Wildman–Crippen LogP) is 6.22. The Morgan fingerprint density at radius 3 is 2.34 bits per heavy atom. The molecule has 0 heterocycles. The van der Waals surface area contributed by atoms with E-state index in [1.54, 1.807) is 13.2 Å². The maximum atomic E-state index is 6.22. The third-order valence-corrected chi connectivity index (χ3v) is 5.25. The molecule has 0 saturated heterocycles. The van der Waals surface area contributed by atoms with Crippen LogP contribution in [0.2, 0.25) is 10.0 Å². The summed E-state index contributed by atoms with van der Waals surface area (Å²) < 4.78 is 11.5. The van der Waals surface area contributed by atoms with Gasteiger partial charge in [0.15, 0.2) is 11.5 Å². The Hall–Kier alpha value is -2.20. The van der Waals surface area contributed by atoms with Crippen molar-refractivity contribution in [3.8, 4) is 11.5 Å². The summed E-state index contributed by atoms with van der Waals surface area (Å²) in [5, 5.41) is 4.80. The Balaban J connectivity index is 1.52. The van der Waals surface area contributed by atoms with Crippen molar-refractivity contribution in [3.05, 3.63) is 93.0 Å². The van der Waals surface area contributed by atoms with Crippen molar-refractivity contribution in [2.45, 2.75) is 26.5 Å². The summed E-state index contributed by atoms with van der Waals surface area (Å²) in [5.41, 5.74) is 4.58. The zero-order chi connectivity index (χ0) is 20.6. The van der Waals surface area contributed by atoms with E-state index in [0.717, 1.165) is 47.7 Å². The number of nitrogens with one attached hydrogen (secondary N) is 1. The van der Waals surface area contributed by atoms with E-state index in [1.165, 1.54) is 5.56 Å². The molecule has 0 radical (unpaired) electrons. The van der Waals surface area contributed by atoms with Gasteiger partial charge in [0.05, 0.1) is 7.11 Å². The summed E-state index contributed by atoms with van der Waals surface area (Å²) in [6.45, 7) is 4.13. The molecule has 0 aliphatic carbocycles. The SMILES string of the molecule is COc1cc(CNCCc2ccc(Cl)cc2Cl)ccc1OCc1ccc(C)cc1. The highest BCUT2D eigenvalue weighted by atomic mass is 35.5. The summed E-state index contributed by atoms with van der Waals surface area (Å²) in [4.78, 5) is 0. The molecule has 5 heteroatoms. The Labute approximate surface area is 182 Å². The smallest absolute Gasteiger partial charge is 0.161 e. The molecule has 3 nitrogen and oxygen atoms in total. The summed E-state index contributed by atoms with van der Waals surface area (Å²) >= 11 is 12.2. The average Bonchev–Trinajstić information content (AvgIpc) is 2.72. The second-order valence-corrected chi connectivity index (χ2v) is 7.77. The molecule has 0 saturated carbocycles. The van der Waals surface area contributed by atoms with E-state index >= 15 is 0 Å². The number of benzene rings is 3. The van der Waals surface area contributed by atoms with Gasteiger partial charge in [-0.05, 0) is 60.8 Å². The molecule has 0 amide bonds. The molecule has 0 aliphatic heterocycles. The van der Waals surface area contributed by atoms with E-state index in [0.29, 0.717) is 16.7 Å². The zero-order valence-corrected chi connectivity index (χ0v) is 18.2. The van der Waals surface area contributed by atoms with Gasteiger partial charge in [0.25, 0.3) is 0 Å². The van der Waals surface area contributed by atoms with Crippen molar-refractivity contribution in [1.29, 1.82) is 0 Å². The van der Waals surface area contributed by atoms with Gasteiger partial charge in [-0.2, -0.15) is 0 Å². The maximum absolute atomic E-state index is 6.22. The Kier molecular flexibility index (Phi) is 7.82. The standard InChI is InChI=1S/C24H25Cl2NO2/c1-17-3-5-18(6-4-17)16-29-23-10-7-19(13-24(23)28-2)15-27-12-11-20-8-9-21(25)14-22(20)26/h3-10,13-14,27H,11-12,15-16H2,1-2H3. The van der Waals surface area contributed by atoms with Gasteiger partial charge in [0.2, 0.25) is 0 Å². The molecule has 29 heavy (non-hydrogen) atoms. The largest absolute Gasteiger partial charge is 0.493 e. The molecule has 0 bridgehead atoms. The fourth-order valence-electron chi connectivity index (χ4n) is 2.97. The van der Waals surface area contributed by atoms with Gasteiger partial charge in [0.1, 0.15) is 6.61 Å². The van der Waals surface area contributed by atoms with Crippen molar-refractivity contribution in [3.63, 3.8) is 0 Å². The normalized spacial score (nSPS) is 10.8. The highest BCUT2D eigenvalue weighted by molar-refractivity contribution is 6.35. The molecule has 0 spiro atoms. The number of ether oxygens (including phenoxy) is 2. The van der Waals surface area contributed by atoms with Crippen LogP contribution in [0.1, 0.15) is 22.3 Å². The van der Waals surface area contributed by atoms with Crippen molar-refractivity contribution in [2.75, 3.05) is 13.7 Å². The number of rotatable bonds is 9. The first-order valence-corrected chi connectivity index (χ1v) is 10.3. The first-order chi connectivity index (χ1) is 14.0. The van der Waals surface area contributed by atoms with Crippen LogP contribution in [-0.2, 0) is 19.6 Å². The molecule has 3 aromatic rings. The van der Waals surface area contributed by atoms with Crippen molar-refractivity contribution in [2.24, 2.45) is 0 Å². The van der Waals surface area contributed by atoms with E-state index in [2.05, 4.69) is 42.6 Å². The van der Waals surface area contributed by atoms with Gasteiger partial charge >= 0.3 is 0 Å². The Bertz CT molecular complexity index is 942. The van der Waals surface area contributed by atoms with E-state index in [1.807, 2.05) is 24.3 Å². The van der Waals surface area contributed by atoms with Gasteiger partial charge < -0.3 is 14.8 Å². The predicted molar refractivity (Wildman–Crippen MR) is 120 cm³/mol. The Morgan fingerprint density at radius 1 is 0.862 bits per heavy atom. The lowest BCUT2D eigenvalue weighted by atomic mass is 10.1. The van der Waals surface area contributed by atoms with Gasteiger partial charge in [0, 0.05) is 16.6 Å². The Morgan fingerprint density at radius 2 is 1.62 bits per heavy atom. The number of methoxy groups -OCH3 is 1. The van der Waals surface area contributed by atoms with Crippen LogP contribution in [0.5, 0.6) is 11.5 Å². The van der Waals surface area contributed by atoms with Crippen LogP contribution in [0.4, 0.5) is 0 Å². The van der Waals surface area contributed by atoms with E-state index in [9.17, 15) is 0 Å². The number of aryl methyl sites for hydroxylation is 1. The van der Waals surface area contributed by atoms with Crippen molar-refractivity contribution < 1.29 is 9.47 Å². The fourth-order valence-corrected chi connectivity index (χ4v) is 3.47. The van der Waals surface area contributed by atoms with Crippen LogP contribution >= 0.6 is 23.2 Å². The van der Waals surface area contributed by atoms with E-state index < -0.39 is 0 Å². The third-order valence-electron chi connectivity index (χ3n) is 4.66. The number of halogens is 2. The van der Waals surface area contributed by atoms with Crippen LogP contribution in [0, 0.1) is 6.92 Å². The van der Waals surface area contributed by atoms with E-state index in [4.69, 9.17) is 32.7 Å². The van der Waals surface area contributed by atoms with Crippen LogP contribution in [0.15, 0.2) is 60.7 Å². The van der Waals surface area contributed by atoms with Gasteiger partial charge in [-0.1, -0.05) is 65.2 Å². The van der Waals surface area contributed by atoms with Gasteiger partial charge in [-0.15, -0.1) is 0 Å². The summed E-state index contributed by atoms with van der Waals surface area (Å²) in [7, 11) is 1.66. The van der Waals surface area contributed by atoms with Crippen molar-refractivity contribution in [1.82, 2.24) is 5.32 Å². The van der Waals surface area contributed by atoms with Crippen LogP contribution in [-0.4, -0.2) is 13.7 Å². The van der Waals surface area contributed by atoms with E-state index in [-0.39, 0.29) is 0 Å². The molecule has 152 valence electrons. The third kappa shape index (κ3) is 6.40. The molecule has 0 aromatic heterocycles. The second kappa shape index (κ2) is 10.5. The maximum Gasteiger partial charge on any atom is 0.161 e. The first kappa shape index (κ1) is 21.5. The van der Waals surface area contributed by atoms with Crippen LogP contribution < -0.4 is 14.8 Å². The van der Waals surface area contributed by atoms with Crippen LogP contribution in [0.3, 0.4) is 0 Å². The summed E-state index contributed by atoms with van der Waals surface area (Å²) in [6, 6.07) is 19.9. The van der Waals surface area contributed by atoms with Gasteiger partial charge in [-0.3, -0.25) is 0 Å². The second-order valence-electron chi connectivity index (χ2n) is 6.92. The summed E-state index contributed by atoms with van der Waals surface area (Å²) in [6.07, 6.45) is 0.838. The molecule has 0 aliphatic rings. The minimum absolute atomic E-state index is 0.510. The molecule has 0 fully saturated rings. The lowest BCUT2D eigenvalue weighted by Gasteiger charge is -2.13. The first-order valence-electron chi connectivity index (χ1n) is 9.55. The minimum Gasteiger partial charge on any atom is -0.493 e. The van der Waals surface area contributed by atoms with Gasteiger partial charge in [-0.25, -0.2) is 0 Å². The highest BCUT2D eigenvalue weighted by Crippen LogP contribution is 2.29. The minimum atomic E-state index is 0.510. The topological polar surface area (TPSA) is 30.5 Å². The zero-order valence-electron chi connectivity index (χ0n) is 16.7. The molecular formula is C24H25Cl2NO2. The molecule has 1 N–H and O–H groups in total. The average molecular weight is 430 g/mol. The fraction of sp³-hybridized carbons (Fsp3) is 0.250. The monoisotopic (exact) mass is 429 g/mol. The molecule has 0 atom stereocenters. The lowest BCUT2D eigenvalue weighted by Crippen LogP contribution is -2.16.